The number of rotatable bonds is 8. The number of nitrogens with one attached hydrogen (secondary N) is 2. The maximum Gasteiger partial charge on any atom is 0.222 e. The third-order valence-electron chi connectivity index (χ3n) is 5.96. The van der Waals surface area contributed by atoms with Gasteiger partial charge in [-0.25, -0.2) is 0 Å². The Balaban J connectivity index is 1.31. The molecule has 2 N–H and O–H groups in total. The van der Waals surface area contributed by atoms with Gasteiger partial charge in [0, 0.05) is 45.1 Å². The third-order valence-corrected chi connectivity index (χ3v) is 5.96. The molecule has 0 saturated carbocycles. The predicted molar refractivity (Wildman–Crippen MR) is 119 cm³/mol. The molecule has 2 aromatic rings. The molecule has 1 atom stereocenters. The summed E-state index contributed by atoms with van der Waals surface area (Å²) in [4.78, 5) is 18.5. The standard InChI is InChI=1S/C24H32N4O2/c29-23-9-3-15-28(23)16-5-13-25-24(26-14-12-22-8-4-17-30-22)27-21-11-10-19-6-1-2-7-20(19)18-21/h1-2,4,6-8,17,21H,3,5,9-16,18H2,(H2,25,26,27). The smallest absolute Gasteiger partial charge is 0.222 e. The van der Waals surface area contributed by atoms with Crippen LogP contribution in [0.2, 0.25) is 0 Å². The van der Waals surface area contributed by atoms with E-state index in [4.69, 9.17) is 9.41 Å². The zero-order valence-electron chi connectivity index (χ0n) is 17.6. The number of guanidine groups is 1. The van der Waals surface area contributed by atoms with E-state index in [-0.39, 0.29) is 5.91 Å². The second-order valence-electron chi connectivity index (χ2n) is 8.18. The van der Waals surface area contributed by atoms with Crippen molar-refractivity contribution < 1.29 is 9.21 Å². The quantitative estimate of drug-likeness (QED) is 0.400. The molecule has 1 unspecified atom stereocenters. The van der Waals surface area contributed by atoms with E-state index in [1.807, 2.05) is 17.0 Å². The van der Waals surface area contributed by atoms with Crippen LogP contribution in [0.5, 0.6) is 0 Å². The van der Waals surface area contributed by atoms with E-state index in [1.165, 1.54) is 11.1 Å². The van der Waals surface area contributed by atoms with Gasteiger partial charge in [-0.15, -0.1) is 0 Å². The van der Waals surface area contributed by atoms with Crippen molar-refractivity contribution in [3.05, 3.63) is 59.5 Å². The highest BCUT2D eigenvalue weighted by Crippen LogP contribution is 2.21. The van der Waals surface area contributed by atoms with E-state index in [1.54, 1.807) is 6.26 Å². The van der Waals surface area contributed by atoms with E-state index in [0.29, 0.717) is 19.0 Å². The largest absolute Gasteiger partial charge is 0.469 e. The summed E-state index contributed by atoms with van der Waals surface area (Å²) in [5.74, 6) is 2.12. The Hall–Kier alpha value is -2.76. The van der Waals surface area contributed by atoms with Crippen molar-refractivity contribution in [1.29, 1.82) is 0 Å². The molecule has 6 nitrogen and oxygen atoms in total. The monoisotopic (exact) mass is 408 g/mol. The average molecular weight is 409 g/mol. The van der Waals surface area contributed by atoms with Gasteiger partial charge in [0.2, 0.25) is 5.91 Å². The van der Waals surface area contributed by atoms with Gasteiger partial charge in [-0.1, -0.05) is 24.3 Å². The number of likely N-dealkylation sites (tertiary alicyclic amines) is 1. The average Bonchev–Trinajstić information content (AvgIpc) is 3.43. The zero-order valence-corrected chi connectivity index (χ0v) is 17.6. The lowest BCUT2D eigenvalue weighted by Gasteiger charge is -2.27. The number of aryl methyl sites for hydroxylation is 1. The van der Waals surface area contributed by atoms with Crippen LogP contribution in [0.15, 0.2) is 52.1 Å². The van der Waals surface area contributed by atoms with Gasteiger partial charge in [-0.2, -0.15) is 0 Å². The van der Waals surface area contributed by atoms with Crippen molar-refractivity contribution in [2.24, 2.45) is 4.99 Å². The van der Waals surface area contributed by atoms with Crippen LogP contribution in [-0.2, 0) is 24.1 Å². The van der Waals surface area contributed by atoms with Crippen LogP contribution in [-0.4, -0.2) is 49.0 Å². The first-order valence-electron chi connectivity index (χ1n) is 11.2. The van der Waals surface area contributed by atoms with Gasteiger partial charge < -0.3 is 20.0 Å². The normalized spacial score (nSPS) is 19.1. The zero-order chi connectivity index (χ0) is 20.6. The van der Waals surface area contributed by atoms with Crippen LogP contribution in [0.4, 0.5) is 0 Å². The van der Waals surface area contributed by atoms with Crippen molar-refractivity contribution >= 4 is 11.9 Å². The van der Waals surface area contributed by atoms with E-state index in [9.17, 15) is 4.79 Å². The van der Waals surface area contributed by atoms with Crippen LogP contribution in [0.3, 0.4) is 0 Å². The number of fused-ring (bicyclic) bond motifs is 1. The summed E-state index contributed by atoms with van der Waals surface area (Å²) in [5.41, 5.74) is 2.90. The Morgan fingerprint density at radius 2 is 2.07 bits per heavy atom. The minimum atomic E-state index is 0.287. The Labute approximate surface area is 178 Å². The fourth-order valence-electron chi connectivity index (χ4n) is 4.32. The molecule has 2 aliphatic rings. The molecule has 0 bridgehead atoms. The van der Waals surface area contributed by atoms with Gasteiger partial charge in [0.15, 0.2) is 5.96 Å². The Morgan fingerprint density at radius 1 is 1.17 bits per heavy atom. The van der Waals surface area contributed by atoms with E-state index < -0.39 is 0 Å². The summed E-state index contributed by atoms with van der Waals surface area (Å²) >= 11 is 0. The summed E-state index contributed by atoms with van der Waals surface area (Å²) in [7, 11) is 0. The molecule has 4 rings (SSSR count). The first-order chi connectivity index (χ1) is 14.8. The molecule has 160 valence electrons. The highest BCUT2D eigenvalue weighted by Gasteiger charge is 2.20. The molecule has 1 aromatic carbocycles. The molecule has 1 saturated heterocycles. The van der Waals surface area contributed by atoms with Crippen molar-refractivity contribution in [1.82, 2.24) is 15.5 Å². The second kappa shape index (κ2) is 10.3. The fourth-order valence-corrected chi connectivity index (χ4v) is 4.32. The van der Waals surface area contributed by atoms with Gasteiger partial charge in [-0.05, 0) is 55.4 Å². The van der Waals surface area contributed by atoms with E-state index >= 15 is 0 Å². The topological polar surface area (TPSA) is 69.9 Å². The molecule has 0 radical (unpaired) electrons. The van der Waals surface area contributed by atoms with Crippen LogP contribution in [0, 0.1) is 0 Å². The van der Waals surface area contributed by atoms with Crippen molar-refractivity contribution in [3.63, 3.8) is 0 Å². The molecule has 30 heavy (non-hydrogen) atoms. The summed E-state index contributed by atoms with van der Waals surface area (Å²) in [6.07, 6.45) is 8.36. The number of hydrogen-bond donors (Lipinski definition) is 2. The lowest BCUT2D eigenvalue weighted by Crippen LogP contribution is -2.46. The second-order valence-corrected chi connectivity index (χ2v) is 8.18. The SMILES string of the molecule is O=C1CCCN1CCCN=C(NCCc1ccco1)NC1CCc2ccccc2C1. The molecule has 6 heteroatoms. The number of nitrogens with zero attached hydrogens (tertiary/aromatic N) is 2. The van der Waals surface area contributed by atoms with Gasteiger partial charge in [0.1, 0.15) is 5.76 Å². The molecule has 1 aliphatic heterocycles. The van der Waals surface area contributed by atoms with E-state index in [2.05, 4.69) is 34.9 Å². The van der Waals surface area contributed by atoms with Gasteiger partial charge in [-0.3, -0.25) is 9.79 Å². The van der Waals surface area contributed by atoms with Crippen molar-refractivity contribution in [2.75, 3.05) is 26.2 Å². The summed E-state index contributed by atoms with van der Waals surface area (Å²) in [6, 6.07) is 13.0. The maximum absolute atomic E-state index is 11.8. The molecule has 1 fully saturated rings. The molecule has 2 heterocycles. The molecule has 1 aromatic heterocycles. The Bertz CT molecular complexity index is 847. The number of aliphatic imine (C=N–C) groups is 1. The van der Waals surface area contributed by atoms with Gasteiger partial charge in [0.25, 0.3) is 0 Å². The van der Waals surface area contributed by atoms with Crippen LogP contribution in [0.25, 0.3) is 0 Å². The Kier molecular flexibility index (Phi) is 7.06. The van der Waals surface area contributed by atoms with E-state index in [0.717, 1.165) is 69.9 Å². The van der Waals surface area contributed by atoms with Crippen molar-refractivity contribution in [3.8, 4) is 0 Å². The minimum Gasteiger partial charge on any atom is -0.469 e. The number of carbonyl (C=O) groups is 1. The van der Waals surface area contributed by atoms with Crippen LogP contribution < -0.4 is 10.6 Å². The highest BCUT2D eigenvalue weighted by atomic mass is 16.3. The summed E-state index contributed by atoms with van der Waals surface area (Å²) in [5, 5.41) is 7.11. The molecule has 0 spiro atoms. The first kappa shape index (κ1) is 20.5. The number of benzene rings is 1. The summed E-state index contributed by atoms with van der Waals surface area (Å²) in [6.45, 7) is 3.19. The van der Waals surface area contributed by atoms with Gasteiger partial charge >= 0.3 is 0 Å². The van der Waals surface area contributed by atoms with Gasteiger partial charge in [0.05, 0.1) is 6.26 Å². The fraction of sp³-hybridized carbons (Fsp3) is 0.500. The number of amides is 1. The highest BCUT2D eigenvalue weighted by molar-refractivity contribution is 5.80. The number of furan rings is 1. The minimum absolute atomic E-state index is 0.287. The molecular formula is C24H32N4O2. The lowest BCUT2D eigenvalue weighted by molar-refractivity contribution is -0.127. The third kappa shape index (κ3) is 5.65. The predicted octanol–water partition coefficient (Wildman–Crippen LogP) is 2.93. The lowest BCUT2D eigenvalue weighted by atomic mass is 9.88. The molecular weight excluding hydrogens is 376 g/mol. The van der Waals surface area contributed by atoms with Crippen LogP contribution >= 0.6 is 0 Å². The van der Waals surface area contributed by atoms with Crippen molar-refractivity contribution in [2.45, 2.75) is 51.0 Å². The first-order valence-corrected chi connectivity index (χ1v) is 11.2. The summed E-state index contributed by atoms with van der Waals surface area (Å²) < 4.78 is 5.43. The molecule has 1 aliphatic carbocycles. The maximum atomic E-state index is 11.8. The van der Waals surface area contributed by atoms with Crippen LogP contribution in [0.1, 0.15) is 42.6 Å². The molecule has 1 amide bonds. The number of carbonyl (C=O) groups excluding carboxylic acids is 1. The Morgan fingerprint density at radius 3 is 2.87 bits per heavy atom. The number of hydrogen-bond acceptors (Lipinski definition) is 3.